The monoisotopic (exact) mass is 735 g/mol. The van der Waals surface area contributed by atoms with E-state index < -0.39 is 62.4 Å². The molecule has 0 aromatic heterocycles. The summed E-state index contributed by atoms with van der Waals surface area (Å²) in [5.74, 6) is -3.73. The van der Waals surface area contributed by atoms with Gasteiger partial charge >= 0.3 is 6.18 Å². The Morgan fingerprint density at radius 2 is 1.60 bits per heavy atom. The topological polar surface area (TPSA) is 124 Å². The fourth-order valence-corrected chi connectivity index (χ4v) is 6.38. The van der Waals surface area contributed by atoms with Gasteiger partial charge in [-0.15, -0.1) is 11.6 Å². The van der Waals surface area contributed by atoms with Gasteiger partial charge in [-0.2, -0.15) is 13.2 Å². The molecule has 0 heterocycles. The number of halogens is 5. The Morgan fingerprint density at radius 3 is 2.10 bits per heavy atom. The maximum atomic E-state index is 12.7. The van der Waals surface area contributed by atoms with Gasteiger partial charge < -0.3 is 14.4 Å². The molecule has 1 amide bonds. The second kappa shape index (κ2) is 18.6. The van der Waals surface area contributed by atoms with Crippen LogP contribution in [-0.2, 0) is 40.3 Å². The normalized spacial score (nSPS) is 13.9. The predicted octanol–water partition coefficient (Wildman–Crippen LogP) is 6.48. The summed E-state index contributed by atoms with van der Waals surface area (Å²) in [6.07, 6.45) is -3.40. The molecular weight excluding hydrogens is 698 g/mol. The first-order chi connectivity index (χ1) is 22.4. The Hall–Kier alpha value is -3.10. The van der Waals surface area contributed by atoms with Crippen molar-refractivity contribution < 1.29 is 50.2 Å². The number of ether oxygens (including phenoxy) is 2. The average molecular weight is 737 g/mol. The molecule has 1 aliphatic rings. The molecule has 264 valence electrons. The van der Waals surface area contributed by atoms with Crippen molar-refractivity contribution in [1.82, 2.24) is 4.90 Å². The molecule has 0 radical (unpaired) electrons. The van der Waals surface area contributed by atoms with Crippen LogP contribution < -0.4 is 0 Å². The van der Waals surface area contributed by atoms with Crippen LogP contribution in [0, 0.1) is 5.92 Å². The van der Waals surface area contributed by atoms with Gasteiger partial charge in [0.25, 0.3) is 0 Å². The summed E-state index contributed by atoms with van der Waals surface area (Å²) in [6, 6.07) is 11.9. The Morgan fingerprint density at radius 1 is 1.00 bits per heavy atom. The van der Waals surface area contributed by atoms with E-state index in [2.05, 4.69) is 4.74 Å². The number of rotatable bonds is 13. The number of Topliss-reactive ketones (excluding diaryl/α,β-unsaturated/α-hetero) is 3. The van der Waals surface area contributed by atoms with Gasteiger partial charge in [-0.25, -0.2) is 8.42 Å². The molecule has 48 heavy (non-hydrogen) atoms. The van der Waals surface area contributed by atoms with E-state index in [1.54, 1.807) is 4.90 Å². The summed E-state index contributed by atoms with van der Waals surface area (Å²) in [7, 11) is -3.90. The maximum Gasteiger partial charge on any atom is 0.411 e. The third-order valence-electron chi connectivity index (χ3n) is 7.00. The third-order valence-corrected chi connectivity index (χ3v) is 8.84. The molecule has 2 aromatic carbocycles. The van der Waals surface area contributed by atoms with Crippen molar-refractivity contribution in [3.8, 4) is 0 Å². The largest absolute Gasteiger partial charge is 0.411 e. The van der Waals surface area contributed by atoms with Gasteiger partial charge in [-0.1, -0.05) is 47.5 Å². The molecule has 0 saturated heterocycles. The molecule has 0 spiro atoms. The van der Waals surface area contributed by atoms with Crippen molar-refractivity contribution in [1.29, 1.82) is 0 Å². The van der Waals surface area contributed by atoms with Crippen LogP contribution in [0.2, 0.25) is 5.02 Å². The van der Waals surface area contributed by atoms with Crippen LogP contribution >= 0.6 is 23.2 Å². The van der Waals surface area contributed by atoms with Crippen LogP contribution in [0.1, 0.15) is 61.5 Å². The minimum absolute atomic E-state index is 0.0320. The number of allylic oxidation sites excluding steroid dienone is 1. The van der Waals surface area contributed by atoms with E-state index in [1.165, 1.54) is 0 Å². The van der Waals surface area contributed by atoms with Crippen molar-refractivity contribution in [2.45, 2.75) is 57.7 Å². The van der Waals surface area contributed by atoms with Gasteiger partial charge in [0.2, 0.25) is 5.91 Å². The highest BCUT2D eigenvalue weighted by atomic mass is 35.5. The van der Waals surface area contributed by atoms with E-state index in [0.29, 0.717) is 26.2 Å². The number of sulfone groups is 1. The number of carbonyl (C=O) groups excluding carboxylic acids is 4. The van der Waals surface area contributed by atoms with Crippen LogP contribution in [0.4, 0.5) is 13.2 Å². The van der Waals surface area contributed by atoms with Crippen molar-refractivity contribution in [3.63, 3.8) is 0 Å². The number of hydrogen-bond donors (Lipinski definition) is 0. The molecule has 0 unspecified atom stereocenters. The number of benzene rings is 2. The van der Waals surface area contributed by atoms with Gasteiger partial charge in [0, 0.05) is 49.1 Å². The van der Waals surface area contributed by atoms with Gasteiger partial charge in [0.1, 0.15) is 18.4 Å². The lowest BCUT2D eigenvalue weighted by Gasteiger charge is -2.26. The number of alkyl halides is 4. The molecule has 0 aliphatic heterocycles. The standard InChI is InChI=1S/C17H16ClF3O6S.C16H22ClNO2/c1-28(25,26)13-6-5-9(15(18)10(13)7-27-8-17(19,20)21)16(24)14-11(22)3-2-4-12(14)23;1-4-20-11-10-18(15(19)12-17)16(13(2)3)14-8-6-5-7-9-14/h5-6,14H,2-4,7-8H2,1H3;5-9H,4,10-12H2,1-3H3. The summed E-state index contributed by atoms with van der Waals surface area (Å²) in [6.45, 7) is 5.11. The van der Waals surface area contributed by atoms with E-state index in [-0.39, 0.29) is 35.8 Å². The first-order valence-electron chi connectivity index (χ1n) is 14.9. The fraction of sp³-hybridized carbons (Fsp3) is 0.455. The van der Waals surface area contributed by atoms with Gasteiger partial charge in [-0.3, -0.25) is 19.2 Å². The van der Waals surface area contributed by atoms with Crippen LogP contribution in [0.3, 0.4) is 0 Å². The molecule has 1 fully saturated rings. The molecule has 15 heteroatoms. The minimum Gasteiger partial charge on any atom is -0.380 e. The van der Waals surface area contributed by atoms with Crippen molar-refractivity contribution >= 4 is 62.0 Å². The summed E-state index contributed by atoms with van der Waals surface area (Å²) in [4.78, 5) is 50.1. The Balaban J connectivity index is 0.000000353. The first kappa shape index (κ1) is 41.1. The lowest BCUT2D eigenvalue weighted by atomic mass is 9.81. The smallest absolute Gasteiger partial charge is 0.380 e. The van der Waals surface area contributed by atoms with Crippen LogP contribution in [0.15, 0.2) is 52.9 Å². The quantitative estimate of drug-likeness (QED) is 0.0991. The van der Waals surface area contributed by atoms with Crippen molar-refractivity contribution in [2.24, 2.45) is 5.92 Å². The molecule has 2 aromatic rings. The van der Waals surface area contributed by atoms with Gasteiger partial charge in [0.05, 0.1) is 23.1 Å². The number of amides is 1. The van der Waals surface area contributed by atoms with E-state index >= 15 is 0 Å². The zero-order valence-corrected chi connectivity index (χ0v) is 29.3. The average Bonchev–Trinajstić information content (AvgIpc) is 3.00. The summed E-state index contributed by atoms with van der Waals surface area (Å²) < 4.78 is 70.7. The second-order valence-corrected chi connectivity index (χ2v) is 13.6. The third kappa shape index (κ3) is 11.8. The number of ketones is 3. The first-order valence-corrected chi connectivity index (χ1v) is 17.7. The molecule has 0 N–H and O–H groups in total. The van der Waals surface area contributed by atoms with E-state index in [4.69, 9.17) is 27.9 Å². The summed E-state index contributed by atoms with van der Waals surface area (Å²) in [5, 5.41) is -0.457. The fourth-order valence-electron chi connectivity index (χ4n) is 4.94. The Labute approximate surface area is 288 Å². The SMILES string of the molecule is CCOCCN(C(=O)CCl)C(=C(C)C)c1ccccc1.CS(=O)(=O)c1ccc(C(=O)C2C(=O)CCCC2=O)c(Cl)c1COCC(F)(F)F. The summed E-state index contributed by atoms with van der Waals surface area (Å²) >= 11 is 11.9. The number of hydrogen-bond acceptors (Lipinski definition) is 8. The van der Waals surface area contributed by atoms with E-state index in [1.807, 2.05) is 51.1 Å². The zero-order chi connectivity index (χ0) is 36.2. The maximum absolute atomic E-state index is 12.7. The molecule has 1 saturated carbocycles. The number of nitrogens with zero attached hydrogens (tertiary/aromatic N) is 1. The van der Waals surface area contributed by atoms with Crippen LogP contribution in [-0.4, -0.2) is 81.3 Å². The lowest BCUT2D eigenvalue weighted by molar-refractivity contribution is -0.176. The van der Waals surface area contributed by atoms with Crippen molar-refractivity contribution in [3.05, 3.63) is 69.8 Å². The van der Waals surface area contributed by atoms with Gasteiger partial charge in [0.15, 0.2) is 27.2 Å². The highest BCUT2D eigenvalue weighted by Gasteiger charge is 2.38. The highest BCUT2D eigenvalue weighted by molar-refractivity contribution is 7.90. The minimum atomic E-state index is -4.65. The molecule has 0 atom stereocenters. The Kier molecular flexibility index (Phi) is 15.9. The zero-order valence-electron chi connectivity index (χ0n) is 27.0. The highest BCUT2D eigenvalue weighted by Crippen LogP contribution is 2.32. The molecule has 0 bridgehead atoms. The van der Waals surface area contributed by atoms with Crippen LogP contribution in [0.25, 0.3) is 5.70 Å². The second-order valence-electron chi connectivity index (χ2n) is 11.0. The van der Waals surface area contributed by atoms with Crippen molar-refractivity contribution in [2.75, 3.05) is 38.5 Å². The lowest BCUT2D eigenvalue weighted by Crippen LogP contribution is -2.35. The predicted molar refractivity (Wildman–Crippen MR) is 176 cm³/mol. The van der Waals surface area contributed by atoms with E-state index in [9.17, 15) is 40.8 Å². The molecule has 9 nitrogen and oxygen atoms in total. The molecule has 3 rings (SSSR count). The number of carbonyl (C=O) groups is 4. The summed E-state index contributed by atoms with van der Waals surface area (Å²) in [5.41, 5.74) is 2.35. The molecule has 1 aliphatic carbocycles. The molecular formula is C33H38Cl2F3NO8S. The van der Waals surface area contributed by atoms with Crippen LogP contribution in [0.5, 0.6) is 0 Å². The van der Waals surface area contributed by atoms with Gasteiger partial charge in [-0.05, 0) is 44.9 Å². The van der Waals surface area contributed by atoms with E-state index in [0.717, 1.165) is 35.2 Å². The Bertz CT molecular complexity index is 1590.